The molecule has 0 radical (unpaired) electrons. The number of anilines is 2. The van der Waals surface area contributed by atoms with Crippen molar-refractivity contribution in [1.29, 1.82) is 0 Å². The molecule has 122 valence electrons. The highest BCUT2D eigenvalue weighted by Gasteiger charge is 2.07. The van der Waals surface area contributed by atoms with Crippen LogP contribution in [0.4, 0.5) is 11.9 Å². The average molecular weight is 341 g/mol. The van der Waals surface area contributed by atoms with E-state index in [0.29, 0.717) is 11.9 Å². The number of hydrogen-bond acceptors (Lipinski definition) is 7. The Morgan fingerprint density at radius 1 is 1.45 bits per heavy atom. The Hall–Kier alpha value is -1.25. The van der Waals surface area contributed by atoms with E-state index in [2.05, 4.69) is 47.4 Å². The number of thioether (sulfide) groups is 1. The fourth-order valence-electron chi connectivity index (χ4n) is 1.98. The summed E-state index contributed by atoms with van der Waals surface area (Å²) < 4.78 is 1.57. The standard InChI is InChI=1S/C14H24N6S2/c1-10-7-11(22-12(10)8-19(2)3)9-21-6-5-16-14-17-13(15)20(4)18-14/h7H,5-6,8-9H2,1-4H3,(H3,15,16,17,18). The Morgan fingerprint density at radius 2 is 2.23 bits per heavy atom. The van der Waals surface area contributed by atoms with E-state index in [4.69, 9.17) is 5.73 Å². The molecular weight excluding hydrogens is 316 g/mol. The summed E-state index contributed by atoms with van der Waals surface area (Å²) in [7, 11) is 6.00. The second kappa shape index (κ2) is 7.85. The SMILES string of the molecule is Cc1cc(CSCCNc2nc(N)n(C)n2)sc1CN(C)C. The van der Waals surface area contributed by atoms with E-state index in [1.165, 1.54) is 15.3 Å². The third kappa shape index (κ3) is 4.89. The molecule has 0 bridgehead atoms. The van der Waals surface area contributed by atoms with Gasteiger partial charge in [0, 0.05) is 41.4 Å². The van der Waals surface area contributed by atoms with Crippen molar-refractivity contribution in [3.63, 3.8) is 0 Å². The topological polar surface area (TPSA) is 72.0 Å². The van der Waals surface area contributed by atoms with Gasteiger partial charge in [-0.1, -0.05) is 0 Å². The van der Waals surface area contributed by atoms with Crippen LogP contribution in [0.5, 0.6) is 0 Å². The first-order valence-corrected chi connectivity index (χ1v) is 9.14. The minimum absolute atomic E-state index is 0.428. The monoisotopic (exact) mass is 340 g/mol. The summed E-state index contributed by atoms with van der Waals surface area (Å²) in [5, 5.41) is 7.35. The van der Waals surface area contributed by atoms with E-state index in [1.807, 2.05) is 23.1 Å². The van der Waals surface area contributed by atoms with Crippen LogP contribution in [0.1, 0.15) is 15.3 Å². The molecule has 3 N–H and O–H groups in total. The Balaban J connectivity index is 1.70. The number of aromatic nitrogens is 3. The van der Waals surface area contributed by atoms with E-state index in [-0.39, 0.29) is 0 Å². The van der Waals surface area contributed by atoms with E-state index < -0.39 is 0 Å². The summed E-state index contributed by atoms with van der Waals surface area (Å²) in [4.78, 5) is 9.24. The predicted molar refractivity (Wildman–Crippen MR) is 96.5 cm³/mol. The molecule has 0 aromatic carbocycles. The van der Waals surface area contributed by atoms with Crippen LogP contribution < -0.4 is 11.1 Å². The summed E-state index contributed by atoms with van der Waals surface area (Å²) in [6.45, 7) is 4.06. The van der Waals surface area contributed by atoms with Gasteiger partial charge < -0.3 is 16.0 Å². The summed E-state index contributed by atoms with van der Waals surface area (Å²) >= 11 is 3.84. The second-order valence-electron chi connectivity index (χ2n) is 5.45. The van der Waals surface area contributed by atoms with Crippen LogP contribution in [-0.2, 0) is 19.3 Å². The van der Waals surface area contributed by atoms with Crippen LogP contribution in [0, 0.1) is 6.92 Å². The van der Waals surface area contributed by atoms with Gasteiger partial charge in [0.15, 0.2) is 0 Å². The van der Waals surface area contributed by atoms with E-state index in [1.54, 1.807) is 11.7 Å². The lowest BCUT2D eigenvalue weighted by Gasteiger charge is -2.07. The van der Waals surface area contributed by atoms with Crippen LogP contribution in [-0.4, -0.2) is 46.1 Å². The zero-order valence-corrected chi connectivity index (χ0v) is 15.2. The third-order valence-electron chi connectivity index (χ3n) is 3.10. The third-order valence-corrected chi connectivity index (χ3v) is 5.51. The highest BCUT2D eigenvalue weighted by atomic mass is 32.2. The molecule has 0 aliphatic carbocycles. The summed E-state index contributed by atoms with van der Waals surface area (Å²) in [5.41, 5.74) is 7.04. The molecule has 2 rings (SSSR count). The first-order chi connectivity index (χ1) is 10.5. The molecular formula is C14H24N6S2. The fraction of sp³-hybridized carbons (Fsp3) is 0.571. The van der Waals surface area contributed by atoms with Gasteiger partial charge in [-0.15, -0.1) is 16.4 Å². The Labute approximate surface area is 140 Å². The van der Waals surface area contributed by atoms with Crippen molar-refractivity contribution in [1.82, 2.24) is 19.7 Å². The van der Waals surface area contributed by atoms with Crippen molar-refractivity contribution in [2.45, 2.75) is 19.2 Å². The van der Waals surface area contributed by atoms with Gasteiger partial charge in [-0.25, -0.2) is 4.68 Å². The van der Waals surface area contributed by atoms with Crippen LogP contribution >= 0.6 is 23.1 Å². The number of nitrogens with two attached hydrogens (primary N) is 1. The van der Waals surface area contributed by atoms with E-state index >= 15 is 0 Å². The quantitative estimate of drug-likeness (QED) is 0.718. The minimum Gasteiger partial charge on any atom is -0.368 e. The van der Waals surface area contributed by atoms with E-state index in [0.717, 1.165) is 24.6 Å². The summed E-state index contributed by atoms with van der Waals surface area (Å²) in [6, 6.07) is 2.31. The molecule has 8 heteroatoms. The average Bonchev–Trinajstić information content (AvgIpc) is 2.93. The molecule has 0 amide bonds. The number of nitrogens with zero attached hydrogens (tertiary/aromatic N) is 4. The first kappa shape index (κ1) is 17.1. The number of thiophene rings is 1. The molecule has 0 fully saturated rings. The van der Waals surface area contributed by atoms with Gasteiger partial charge in [0.05, 0.1) is 0 Å². The Morgan fingerprint density at radius 3 is 2.86 bits per heavy atom. The van der Waals surface area contributed by atoms with Crippen LogP contribution in [0.25, 0.3) is 0 Å². The summed E-state index contributed by atoms with van der Waals surface area (Å²) in [5.74, 6) is 3.09. The fourth-order valence-corrected chi connectivity index (χ4v) is 4.24. The van der Waals surface area contributed by atoms with Crippen molar-refractivity contribution in [2.24, 2.45) is 7.05 Å². The molecule has 0 aliphatic rings. The number of nitrogen functional groups attached to an aromatic ring is 1. The lowest BCUT2D eigenvalue weighted by atomic mass is 10.2. The molecule has 22 heavy (non-hydrogen) atoms. The number of aryl methyl sites for hydroxylation is 2. The number of nitrogens with one attached hydrogen (secondary N) is 1. The maximum absolute atomic E-state index is 5.64. The largest absolute Gasteiger partial charge is 0.368 e. The second-order valence-corrected chi connectivity index (χ2v) is 7.78. The van der Waals surface area contributed by atoms with Crippen LogP contribution in [0.15, 0.2) is 6.07 Å². The lowest BCUT2D eigenvalue weighted by Crippen LogP contribution is -2.09. The summed E-state index contributed by atoms with van der Waals surface area (Å²) in [6.07, 6.45) is 0. The van der Waals surface area contributed by atoms with Crippen molar-refractivity contribution >= 4 is 35.0 Å². The van der Waals surface area contributed by atoms with Crippen molar-refractivity contribution in [3.05, 3.63) is 21.4 Å². The van der Waals surface area contributed by atoms with Gasteiger partial charge in [0.2, 0.25) is 11.9 Å². The molecule has 0 aliphatic heterocycles. The van der Waals surface area contributed by atoms with Gasteiger partial charge in [-0.05, 0) is 32.6 Å². The van der Waals surface area contributed by atoms with Gasteiger partial charge in [-0.2, -0.15) is 16.7 Å². The molecule has 2 aromatic rings. The number of rotatable bonds is 8. The molecule has 2 aromatic heterocycles. The van der Waals surface area contributed by atoms with Crippen LogP contribution in [0.2, 0.25) is 0 Å². The Kier molecular flexibility index (Phi) is 6.10. The smallest absolute Gasteiger partial charge is 0.243 e. The zero-order chi connectivity index (χ0) is 16.1. The van der Waals surface area contributed by atoms with Crippen LogP contribution in [0.3, 0.4) is 0 Å². The molecule has 2 heterocycles. The molecule has 6 nitrogen and oxygen atoms in total. The zero-order valence-electron chi connectivity index (χ0n) is 13.6. The highest BCUT2D eigenvalue weighted by molar-refractivity contribution is 7.98. The predicted octanol–water partition coefficient (Wildman–Crippen LogP) is 2.17. The first-order valence-electron chi connectivity index (χ1n) is 7.16. The molecule has 0 saturated carbocycles. The highest BCUT2D eigenvalue weighted by Crippen LogP contribution is 2.26. The van der Waals surface area contributed by atoms with Gasteiger partial charge in [0.1, 0.15) is 0 Å². The van der Waals surface area contributed by atoms with Gasteiger partial charge >= 0.3 is 0 Å². The maximum Gasteiger partial charge on any atom is 0.243 e. The minimum atomic E-state index is 0.428. The van der Waals surface area contributed by atoms with E-state index in [9.17, 15) is 0 Å². The molecule has 0 spiro atoms. The van der Waals surface area contributed by atoms with Crippen molar-refractivity contribution in [2.75, 3.05) is 37.4 Å². The maximum atomic E-state index is 5.64. The lowest BCUT2D eigenvalue weighted by molar-refractivity contribution is 0.405. The molecule has 0 saturated heterocycles. The molecule has 0 atom stereocenters. The normalized spacial score (nSPS) is 11.3. The Bertz CT molecular complexity index is 585. The van der Waals surface area contributed by atoms with Gasteiger partial charge in [0.25, 0.3) is 0 Å². The van der Waals surface area contributed by atoms with Crippen molar-refractivity contribution in [3.8, 4) is 0 Å². The van der Waals surface area contributed by atoms with Gasteiger partial charge in [-0.3, -0.25) is 0 Å². The number of hydrogen-bond donors (Lipinski definition) is 2. The van der Waals surface area contributed by atoms with Crippen molar-refractivity contribution < 1.29 is 0 Å². The molecule has 0 unspecified atom stereocenters.